The number of nitrogens with one attached hydrogen (secondary N) is 1. The van der Waals surface area contributed by atoms with Crippen LogP contribution in [-0.2, 0) is 6.42 Å². The van der Waals surface area contributed by atoms with Crippen LogP contribution in [0.4, 0.5) is 20.7 Å². The van der Waals surface area contributed by atoms with Crippen molar-refractivity contribution in [3.8, 4) is 11.4 Å². The van der Waals surface area contributed by atoms with Gasteiger partial charge in [0.25, 0.3) is 0 Å². The fourth-order valence-corrected chi connectivity index (χ4v) is 5.26. The third kappa shape index (κ3) is 5.36. The lowest BCUT2D eigenvalue weighted by molar-refractivity contribution is 0.208. The lowest BCUT2D eigenvalue weighted by atomic mass is 10.0. The Morgan fingerprint density at radius 1 is 0.850 bits per heavy atom. The van der Waals surface area contributed by atoms with E-state index >= 15 is 0 Å². The first kappa shape index (κ1) is 25.5. The van der Waals surface area contributed by atoms with Gasteiger partial charge in [0.05, 0.1) is 5.69 Å². The monoisotopic (exact) mass is 531 g/mol. The van der Waals surface area contributed by atoms with Crippen molar-refractivity contribution in [1.82, 2.24) is 14.9 Å². The van der Waals surface area contributed by atoms with E-state index < -0.39 is 0 Å². The Balaban J connectivity index is 1.25. The van der Waals surface area contributed by atoms with E-state index in [1.807, 2.05) is 78.6 Å². The normalized spacial score (nSPS) is 13.4. The van der Waals surface area contributed by atoms with Crippen LogP contribution in [0.15, 0.2) is 97.1 Å². The summed E-state index contributed by atoms with van der Waals surface area (Å²) in [6.45, 7) is 4.35. The molecule has 1 aliphatic rings. The summed E-state index contributed by atoms with van der Waals surface area (Å²) in [5.74, 6) is 1.02. The second kappa shape index (κ2) is 11.1. The van der Waals surface area contributed by atoms with Gasteiger partial charge in [-0.05, 0) is 36.1 Å². The number of hydrogen-bond donors (Lipinski definition) is 1. The lowest BCUT2D eigenvalue weighted by Crippen LogP contribution is -2.50. The van der Waals surface area contributed by atoms with E-state index in [4.69, 9.17) is 9.97 Å². The van der Waals surface area contributed by atoms with Crippen LogP contribution in [0.25, 0.3) is 22.2 Å². The summed E-state index contributed by atoms with van der Waals surface area (Å²) < 4.78 is 14.0. The average Bonchev–Trinajstić information content (AvgIpc) is 2.99. The molecule has 40 heavy (non-hydrogen) atoms. The highest BCUT2D eigenvalue weighted by Crippen LogP contribution is 2.29. The van der Waals surface area contributed by atoms with E-state index in [1.165, 1.54) is 17.7 Å². The van der Waals surface area contributed by atoms with Crippen molar-refractivity contribution >= 4 is 28.3 Å². The zero-order chi connectivity index (χ0) is 27.5. The number of rotatable bonds is 5. The molecular formula is C33H30FN5O. The van der Waals surface area contributed by atoms with Crippen molar-refractivity contribution in [2.45, 2.75) is 13.3 Å². The Hall–Kier alpha value is -4.78. The molecule has 0 atom stereocenters. The Morgan fingerprint density at radius 2 is 1.57 bits per heavy atom. The van der Waals surface area contributed by atoms with Gasteiger partial charge < -0.3 is 15.1 Å². The molecule has 2 heterocycles. The highest BCUT2D eigenvalue weighted by atomic mass is 19.1. The fraction of sp³-hybridized carbons (Fsp3) is 0.182. The maximum Gasteiger partial charge on any atom is 0.321 e. The molecule has 5 aromatic rings. The van der Waals surface area contributed by atoms with Gasteiger partial charge in [-0.25, -0.2) is 19.2 Å². The summed E-state index contributed by atoms with van der Waals surface area (Å²) in [6, 6.07) is 30.5. The van der Waals surface area contributed by atoms with Crippen LogP contribution in [0.5, 0.6) is 0 Å². The Morgan fingerprint density at radius 3 is 2.38 bits per heavy atom. The van der Waals surface area contributed by atoms with Crippen LogP contribution in [0.2, 0.25) is 0 Å². The van der Waals surface area contributed by atoms with Crippen LogP contribution >= 0.6 is 0 Å². The maximum atomic E-state index is 14.0. The van der Waals surface area contributed by atoms with E-state index in [9.17, 15) is 9.18 Å². The van der Waals surface area contributed by atoms with Crippen LogP contribution in [-0.4, -0.2) is 47.1 Å². The summed E-state index contributed by atoms with van der Waals surface area (Å²) >= 11 is 0. The Bertz CT molecular complexity index is 1660. The smallest absolute Gasteiger partial charge is 0.321 e. The highest BCUT2D eigenvalue weighted by Gasteiger charge is 2.26. The minimum Gasteiger partial charge on any atom is -0.353 e. The van der Waals surface area contributed by atoms with Crippen LogP contribution in [0.3, 0.4) is 0 Å². The molecule has 0 aliphatic carbocycles. The number of carbonyl (C=O) groups excluding carboxylic acids is 1. The number of amides is 2. The third-order valence-electron chi connectivity index (χ3n) is 7.40. The fourth-order valence-electron chi connectivity index (χ4n) is 5.26. The van der Waals surface area contributed by atoms with Crippen molar-refractivity contribution in [2.24, 2.45) is 0 Å². The van der Waals surface area contributed by atoms with Crippen molar-refractivity contribution in [1.29, 1.82) is 0 Å². The van der Waals surface area contributed by atoms with E-state index in [1.54, 1.807) is 6.07 Å². The number of piperazine rings is 1. The van der Waals surface area contributed by atoms with E-state index in [2.05, 4.69) is 22.3 Å². The van der Waals surface area contributed by atoms with Crippen molar-refractivity contribution in [2.75, 3.05) is 36.4 Å². The first-order valence-corrected chi connectivity index (χ1v) is 13.5. The number of carbonyl (C=O) groups is 1. The quantitative estimate of drug-likeness (QED) is 0.275. The van der Waals surface area contributed by atoms with Crippen LogP contribution in [0, 0.1) is 12.7 Å². The van der Waals surface area contributed by atoms with Gasteiger partial charge in [-0.3, -0.25) is 0 Å². The molecule has 6 nitrogen and oxygen atoms in total. The summed E-state index contributed by atoms with van der Waals surface area (Å²) in [6.07, 6.45) is 0.688. The minimum atomic E-state index is -0.320. The number of aryl methyl sites for hydroxylation is 1. The lowest BCUT2D eigenvalue weighted by Gasteiger charge is -2.36. The Labute approximate surface area is 233 Å². The van der Waals surface area contributed by atoms with E-state index in [-0.39, 0.29) is 11.8 Å². The van der Waals surface area contributed by atoms with Crippen LogP contribution < -0.4 is 10.2 Å². The van der Waals surface area contributed by atoms with Gasteiger partial charge >= 0.3 is 6.03 Å². The van der Waals surface area contributed by atoms with Crippen molar-refractivity contribution in [3.63, 3.8) is 0 Å². The first-order chi connectivity index (χ1) is 19.5. The summed E-state index contributed by atoms with van der Waals surface area (Å²) in [7, 11) is 0. The molecule has 1 aromatic heterocycles. The molecule has 4 aromatic carbocycles. The molecule has 0 spiro atoms. The molecule has 200 valence electrons. The summed E-state index contributed by atoms with van der Waals surface area (Å²) in [5.41, 5.74) is 4.52. The SMILES string of the molecule is Cc1nc(-c2cccc(F)c2)nc(N2CCN(C(=O)Nc3cccc4ccccc34)CC2)c1Cc1ccccc1. The molecule has 0 radical (unpaired) electrons. The largest absolute Gasteiger partial charge is 0.353 e. The summed E-state index contributed by atoms with van der Waals surface area (Å²) in [5, 5.41) is 5.21. The minimum absolute atomic E-state index is 0.111. The van der Waals surface area contributed by atoms with Gasteiger partial charge in [-0.2, -0.15) is 0 Å². The molecule has 1 saturated heterocycles. The standard InChI is InChI=1S/C33H30FN5O/c1-23-29(21-24-9-3-2-4-10-24)32(37-31(35-23)26-13-7-14-27(34)22-26)38-17-19-39(20-18-38)33(40)36-30-16-8-12-25-11-5-6-15-28(25)30/h2-16,22H,17-21H2,1H3,(H,36,40). The van der Waals surface area contributed by atoms with Gasteiger partial charge in [0.2, 0.25) is 0 Å². The number of benzene rings is 4. The van der Waals surface area contributed by atoms with Gasteiger partial charge in [-0.15, -0.1) is 0 Å². The number of aromatic nitrogens is 2. The number of anilines is 2. The highest BCUT2D eigenvalue weighted by molar-refractivity contribution is 6.01. The maximum absolute atomic E-state index is 14.0. The predicted octanol–water partition coefficient (Wildman–Crippen LogP) is 6.69. The predicted molar refractivity (Wildman–Crippen MR) is 158 cm³/mol. The van der Waals surface area contributed by atoms with Crippen molar-refractivity contribution < 1.29 is 9.18 Å². The second-order valence-electron chi connectivity index (χ2n) is 10.0. The molecule has 0 bridgehead atoms. The number of hydrogen-bond acceptors (Lipinski definition) is 4. The average molecular weight is 532 g/mol. The van der Waals surface area contributed by atoms with E-state index in [0.29, 0.717) is 44.0 Å². The third-order valence-corrected chi connectivity index (χ3v) is 7.40. The molecular weight excluding hydrogens is 501 g/mol. The Kier molecular flexibility index (Phi) is 7.10. The van der Waals surface area contributed by atoms with Gasteiger partial charge in [0, 0.05) is 54.8 Å². The molecule has 7 heteroatoms. The van der Waals surface area contributed by atoms with Gasteiger partial charge in [0.1, 0.15) is 11.6 Å². The van der Waals surface area contributed by atoms with Crippen LogP contribution in [0.1, 0.15) is 16.8 Å². The number of fused-ring (bicyclic) bond motifs is 1. The van der Waals surface area contributed by atoms with E-state index in [0.717, 1.165) is 33.5 Å². The molecule has 2 amide bonds. The molecule has 1 fully saturated rings. The molecule has 0 saturated carbocycles. The molecule has 6 rings (SSSR count). The summed E-state index contributed by atoms with van der Waals surface area (Å²) in [4.78, 5) is 27.0. The molecule has 1 aliphatic heterocycles. The molecule has 1 N–H and O–H groups in total. The second-order valence-corrected chi connectivity index (χ2v) is 10.0. The van der Waals surface area contributed by atoms with Gasteiger partial charge in [0.15, 0.2) is 5.82 Å². The zero-order valence-electron chi connectivity index (χ0n) is 22.3. The first-order valence-electron chi connectivity index (χ1n) is 13.5. The molecule has 0 unspecified atom stereocenters. The number of halogens is 1. The van der Waals surface area contributed by atoms with Crippen molar-refractivity contribution in [3.05, 3.63) is 120 Å². The topological polar surface area (TPSA) is 61.4 Å². The van der Waals surface area contributed by atoms with Gasteiger partial charge in [-0.1, -0.05) is 78.9 Å². The zero-order valence-corrected chi connectivity index (χ0v) is 22.3. The number of nitrogens with zero attached hydrogens (tertiary/aromatic N) is 4. The number of urea groups is 1.